The molecule has 2 rings (SSSR count). The van der Waals surface area contributed by atoms with Gasteiger partial charge in [0, 0.05) is 6.42 Å². The third-order valence-corrected chi connectivity index (χ3v) is 4.28. The van der Waals surface area contributed by atoms with E-state index in [4.69, 9.17) is 4.74 Å². The highest BCUT2D eigenvalue weighted by Crippen LogP contribution is 2.27. The second-order valence-electron chi connectivity index (χ2n) is 6.53. The molecule has 0 saturated heterocycles. The lowest BCUT2D eigenvalue weighted by Crippen LogP contribution is -2.25. The summed E-state index contributed by atoms with van der Waals surface area (Å²) in [5, 5.41) is 0. The maximum absolute atomic E-state index is 12.3. The summed E-state index contributed by atoms with van der Waals surface area (Å²) >= 11 is 0. The third-order valence-electron chi connectivity index (χ3n) is 4.28. The molecular weight excluding hydrogens is 296 g/mol. The smallest absolute Gasteiger partial charge is 0.156 e. The first-order valence-corrected chi connectivity index (χ1v) is 8.49. The molecule has 0 heterocycles. The van der Waals surface area contributed by atoms with Crippen molar-refractivity contribution in [2.24, 2.45) is 5.41 Å². The van der Waals surface area contributed by atoms with Crippen molar-refractivity contribution in [1.82, 2.24) is 0 Å². The molecule has 0 aliphatic carbocycles. The van der Waals surface area contributed by atoms with Crippen LogP contribution in [0.5, 0.6) is 0 Å². The van der Waals surface area contributed by atoms with Crippen LogP contribution in [0.15, 0.2) is 66.7 Å². The minimum absolute atomic E-state index is 0.132. The number of benzene rings is 2. The molecule has 0 saturated carbocycles. The van der Waals surface area contributed by atoms with Gasteiger partial charge in [0.2, 0.25) is 0 Å². The Labute approximate surface area is 145 Å². The van der Waals surface area contributed by atoms with E-state index in [1.54, 1.807) is 6.08 Å². The van der Waals surface area contributed by atoms with E-state index in [0.29, 0.717) is 19.6 Å². The zero-order valence-corrected chi connectivity index (χ0v) is 14.6. The summed E-state index contributed by atoms with van der Waals surface area (Å²) in [4.78, 5) is 12.3. The number of allylic oxidation sites excluding steroid dienone is 1. The molecule has 0 amide bonds. The van der Waals surface area contributed by atoms with Crippen LogP contribution in [0.2, 0.25) is 0 Å². The first kappa shape index (κ1) is 18.2. The van der Waals surface area contributed by atoms with E-state index in [-0.39, 0.29) is 11.2 Å². The van der Waals surface area contributed by atoms with Gasteiger partial charge in [-0.05, 0) is 29.0 Å². The molecule has 0 aliphatic heterocycles. The van der Waals surface area contributed by atoms with Gasteiger partial charge in [0.1, 0.15) is 0 Å². The molecule has 0 aromatic heterocycles. The van der Waals surface area contributed by atoms with Crippen LogP contribution in [0.3, 0.4) is 0 Å². The van der Waals surface area contributed by atoms with Crippen molar-refractivity contribution in [2.75, 3.05) is 6.61 Å². The van der Waals surface area contributed by atoms with Crippen LogP contribution in [-0.2, 0) is 16.1 Å². The predicted molar refractivity (Wildman–Crippen MR) is 99.6 cm³/mol. The molecule has 0 bridgehead atoms. The number of carbonyl (C=O) groups excluding carboxylic acids is 1. The fourth-order valence-electron chi connectivity index (χ4n) is 2.50. The van der Waals surface area contributed by atoms with Crippen molar-refractivity contribution >= 4 is 11.9 Å². The molecule has 0 unspecified atom stereocenters. The summed E-state index contributed by atoms with van der Waals surface area (Å²) < 4.78 is 5.86. The van der Waals surface area contributed by atoms with Crippen molar-refractivity contribution in [1.29, 1.82) is 0 Å². The highest BCUT2D eigenvalue weighted by Gasteiger charge is 2.25. The van der Waals surface area contributed by atoms with E-state index >= 15 is 0 Å². The molecule has 2 heteroatoms. The molecule has 2 nitrogen and oxygen atoms in total. The van der Waals surface area contributed by atoms with Crippen LogP contribution in [0.4, 0.5) is 0 Å². The molecule has 1 atom stereocenters. The van der Waals surface area contributed by atoms with Gasteiger partial charge in [0.15, 0.2) is 5.78 Å². The largest absolute Gasteiger partial charge is 0.376 e. The molecule has 0 radical (unpaired) electrons. The van der Waals surface area contributed by atoms with E-state index in [0.717, 1.165) is 17.5 Å². The predicted octanol–water partition coefficient (Wildman–Crippen LogP) is 5.29. The summed E-state index contributed by atoms with van der Waals surface area (Å²) in [6, 6.07) is 20.0. The van der Waals surface area contributed by atoms with E-state index < -0.39 is 0 Å². The Balaban J connectivity index is 1.84. The minimum atomic E-state index is -0.132. The Morgan fingerprint density at radius 1 is 1.04 bits per heavy atom. The Morgan fingerprint density at radius 2 is 1.67 bits per heavy atom. The number of ketones is 1. The maximum Gasteiger partial charge on any atom is 0.156 e. The van der Waals surface area contributed by atoms with Gasteiger partial charge in [-0.2, -0.15) is 0 Å². The van der Waals surface area contributed by atoms with Gasteiger partial charge in [-0.1, -0.05) is 80.6 Å². The number of carbonyl (C=O) groups is 1. The summed E-state index contributed by atoms with van der Waals surface area (Å²) in [5.41, 5.74) is 2.07. The zero-order chi connectivity index (χ0) is 17.3. The van der Waals surface area contributed by atoms with Crippen molar-refractivity contribution in [3.05, 3.63) is 77.9 Å². The van der Waals surface area contributed by atoms with E-state index in [9.17, 15) is 4.79 Å². The summed E-state index contributed by atoms with van der Waals surface area (Å²) in [7, 11) is 0. The first-order chi connectivity index (χ1) is 11.6. The van der Waals surface area contributed by atoms with E-state index in [2.05, 4.69) is 26.0 Å². The second-order valence-corrected chi connectivity index (χ2v) is 6.53. The molecule has 24 heavy (non-hydrogen) atoms. The van der Waals surface area contributed by atoms with Crippen LogP contribution in [-0.4, -0.2) is 12.4 Å². The summed E-state index contributed by atoms with van der Waals surface area (Å²) in [5.74, 6) is 0.145. The fraction of sp³-hybridized carbons (Fsp3) is 0.318. The molecule has 0 fully saturated rings. The van der Waals surface area contributed by atoms with Crippen molar-refractivity contribution < 1.29 is 9.53 Å². The third kappa shape index (κ3) is 6.13. The SMILES string of the molecule is CC[C@@](C)(COCc1ccccc1)CC(=O)/C=C/c1ccccc1. The van der Waals surface area contributed by atoms with Crippen molar-refractivity contribution in [3.8, 4) is 0 Å². The van der Waals surface area contributed by atoms with Crippen LogP contribution in [0.1, 0.15) is 37.8 Å². The average molecular weight is 322 g/mol. The van der Waals surface area contributed by atoms with Gasteiger partial charge < -0.3 is 4.74 Å². The van der Waals surface area contributed by atoms with Crippen molar-refractivity contribution in [2.45, 2.75) is 33.3 Å². The molecule has 0 N–H and O–H groups in total. The number of hydrogen-bond acceptors (Lipinski definition) is 2. The van der Waals surface area contributed by atoms with Crippen LogP contribution >= 0.6 is 0 Å². The van der Waals surface area contributed by atoms with Gasteiger partial charge in [-0.25, -0.2) is 0 Å². The molecule has 0 spiro atoms. The van der Waals surface area contributed by atoms with Gasteiger partial charge in [-0.15, -0.1) is 0 Å². The lowest BCUT2D eigenvalue weighted by molar-refractivity contribution is -0.117. The van der Waals surface area contributed by atoms with Gasteiger partial charge in [0.05, 0.1) is 13.2 Å². The quantitative estimate of drug-likeness (QED) is 0.586. The number of rotatable bonds is 9. The first-order valence-electron chi connectivity index (χ1n) is 8.49. The average Bonchev–Trinajstić information content (AvgIpc) is 2.62. The lowest BCUT2D eigenvalue weighted by Gasteiger charge is -2.26. The van der Waals surface area contributed by atoms with Gasteiger partial charge >= 0.3 is 0 Å². The Kier molecular flexibility index (Phi) is 6.95. The standard InChI is InChI=1S/C22H26O2/c1-3-22(2,18-24-17-20-12-8-5-9-13-20)16-21(23)15-14-19-10-6-4-7-11-19/h4-15H,3,16-18H2,1-2H3/b15-14+/t22-/m1/s1. The minimum Gasteiger partial charge on any atom is -0.376 e. The van der Waals surface area contributed by atoms with Crippen LogP contribution in [0.25, 0.3) is 6.08 Å². The zero-order valence-electron chi connectivity index (χ0n) is 14.6. The van der Waals surface area contributed by atoms with Gasteiger partial charge in [0.25, 0.3) is 0 Å². The Hall–Kier alpha value is -2.19. The maximum atomic E-state index is 12.3. The molecular formula is C22H26O2. The highest BCUT2D eigenvalue weighted by atomic mass is 16.5. The Morgan fingerprint density at radius 3 is 2.29 bits per heavy atom. The highest BCUT2D eigenvalue weighted by molar-refractivity contribution is 5.93. The Bertz CT molecular complexity index is 646. The second kappa shape index (κ2) is 9.19. The number of hydrogen-bond donors (Lipinski definition) is 0. The van der Waals surface area contributed by atoms with Crippen LogP contribution < -0.4 is 0 Å². The van der Waals surface area contributed by atoms with Gasteiger partial charge in [-0.3, -0.25) is 4.79 Å². The van der Waals surface area contributed by atoms with E-state index in [1.165, 1.54) is 0 Å². The lowest BCUT2D eigenvalue weighted by atomic mass is 9.83. The summed E-state index contributed by atoms with van der Waals surface area (Å²) in [6.07, 6.45) is 4.97. The monoisotopic (exact) mass is 322 g/mol. The molecule has 2 aromatic carbocycles. The molecule has 0 aliphatic rings. The van der Waals surface area contributed by atoms with Crippen molar-refractivity contribution in [3.63, 3.8) is 0 Å². The normalized spacial score (nSPS) is 13.8. The number of ether oxygens (including phenoxy) is 1. The molecule has 126 valence electrons. The fourth-order valence-corrected chi connectivity index (χ4v) is 2.50. The molecule has 2 aromatic rings. The summed E-state index contributed by atoms with van der Waals surface area (Å²) in [6.45, 7) is 5.40. The topological polar surface area (TPSA) is 26.3 Å². The van der Waals surface area contributed by atoms with E-state index in [1.807, 2.05) is 54.6 Å². The van der Waals surface area contributed by atoms with Crippen LogP contribution in [0, 0.1) is 5.41 Å².